The smallest absolute Gasteiger partial charge is 0.255 e. The molecule has 0 spiro atoms. The average Bonchev–Trinajstić information content (AvgIpc) is 2.80. The second-order valence-corrected chi connectivity index (χ2v) is 7.86. The summed E-state index contributed by atoms with van der Waals surface area (Å²) >= 11 is 3.53. The molecule has 0 aliphatic rings. The van der Waals surface area contributed by atoms with Crippen LogP contribution in [-0.2, 0) is 6.61 Å². The molecule has 4 aromatic carbocycles. The minimum atomic E-state index is -0.219. The Kier molecular flexibility index (Phi) is 6.53. The molecule has 4 aromatic rings. The average molecular weight is 476 g/mol. The number of carbonyl (C=O) groups excluding carboxylic acids is 1. The van der Waals surface area contributed by atoms with Gasteiger partial charge in [0.2, 0.25) is 0 Å². The molecular formula is C26H22BrNO3. The fraction of sp³-hybridized carbons (Fsp3) is 0.115. The fourth-order valence-corrected chi connectivity index (χ4v) is 3.85. The second-order valence-electron chi connectivity index (χ2n) is 7.01. The van der Waals surface area contributed by atoms with Crippen LogP contribution in [-0.4, -0.2) is 12.5 Å². The lowest BCUT2D eigenvalue weighted by molar-refractivity contribution is 0.102. The van der Waals surface area contributed by atoms with Gasteiger partial charge in [-0.05, 0) is 63.5 Å². The first-order chi connectivity index (χ1) is 15.1. The van der Waals surface area contributed by atoms with Crippen LogP contribution in [0, 0.1) is 0 Å². The van der Waals surface area contributed by atoms with Crippen molar-refractivity contribution in [3.8, 4) is 11.5 Å². The lowest BCUT2D eigenvalue weighted by Crippen LogP contribution is -2.12. The molecule has 156 valence electrons. The first-order valence-electron chi connectivity index (χ1n) is 10.1. The third-order valence-electron chi connectivity index (χ3n) is 4.80. The highest BCUT2D eigenvalue weighted by Crippen LogP contribution is 2.37. The summed E-state index contributed by atoms with van der Waals surface area (Å²) < 4.78 is 12.4. The Bertz CT molecular complexity index is 1210. The van der Waals surface area contributed by atoms with E-state index in [0.717, 1.165) is 22.0 Å². The number of anilines is 1. The van der Waals surface area contributed by atoms with Crippen LogP contribution in [0.4, 0.5) is 5.69 Å². The molecule has 0 radical (unpaired) electrons. The van der Waals surface area contributed by atoms with Crippen LogP contribution >= 0.6 is 15.9 Å². The van der Waals surface area contributed by atoms with Crippen molar-refractivity contribution in [2.24, 2.45) is 0 Å². The molecule has 0 aliphatic heterocycles. The summed E-state index contributed by atoms with van der Waals surface area (Å²) in [5.41, 5.74) is 2.25. The number of hydrogen-bond donors (Lipinski definition) is 1. The van der Waals surface area contributed by atoms with Crippen LogP contribution in [0.5, 0.6) is 11.5 Å². The third kappa shape index (κ3) is 5.06. The van der Waals surface area contributed by atoms with Crippen molar-refractivity contribution in [2.45, 2.75) is 13.5 Å². The van der Waals surface area contributed by atoms with Crippen molar-refractivity contribution in [2.75, 3.05) is 11.9 Å². The van der Waals surface area contributed by atoms with Crippen molar-refractivity contribution < 1.29 is 14.3 Å². The third-order valence-corrected chi connectivity index (χ3v) is 5.39. The standard InChI is InChI=1S/C26H22BrNO3/c1-2-30-25-23(27)15-21(16-24(25)31-17-18-8-4-3-5-9-18)26(29)28-22-13-12-19-10-6-7-11-20(19)14-22/h3-16H,2,17H2,1H3,(H,28,29). The molecule has 1 amide bonds. The SMILES string of the molecule is CCOc1c(Br)cc(C(=O)Nc2ccc3ccccc3c2)cc1OCc1ccccc1. The lowest BCUT2D eigenvalue weighted by atomic mass is 10.1. The maximum atomic E-state index is 13.0. The number of halogens is 1. The van der Waals surface area contributed by atoms with Gasteiger partial charge in [-0.1, -0.05) is 60.7 Å². The van der Waals surface area contributed by atoms with E-state index in [1.807, 2.05) is 79.7 Å². The van der Waals surface area contributed by atoms with E-state index in [-0.39, 0.29) is 5.91 Å². The molecule has 0 aromatic heterocycles. The fourth-order valence-electron chi connectivity index (χ4n) is 3.30. The van der Waals surface area contributed by atoms with E-state index in [9.17, 15) is 4.79 Å². The molecule has 5 heteroatoms. The molecule has 0 fully saturated rings. The summed E-state index contributed by atoms with van der Waals surface area (Å²) in [4.78, 5) is 13.0. The van der Waals surface area contributed by atoms with E-state index in [2.05, 4.69) is 21.2 Å². The molecule has 0 aliphatic carbocycles. The van der Waals surface area contributed by atoms with Gasteiger partial charge < -0.3 is 14.8 Å². The predicted molar refractivity (Wildman–Crippen MR) is 128 cm³/mol. The van der Waals surface area contributed by atoms with Crippen LogP contribution in [0.1, 0.15) is 22.8 Å². The molecule has 31 heavy (non-hydrogen) atoms. The highest BCUT2D eigenvalue weighted by Gasteiger charge is 2.16. The quantitative estimate of drug-likeness (QED) is 0.318. The summed E-state index contributed by atoms with van der Waals surface area (Å²) in [7, 11) is 0. The Morgan fingerprint density at radius 3 is 2.39 bits per heavy atom. The molecule has 0 heterocycles. The number of benzene rings is 4. The first-order valence-corrected chi connectivity index (χ1v) is 10.9. The van der Waals surface area contributed by atoms with Crippen molar-refractivity contribution in [3.05, 3.63) is 101 Å². The Labute approximate surface area is 189 Å². The van der Waals surface area contributed by atoms with E-state index in [1.54, 1.807) is 12.1 Å². The molecule has 0 saturated heterocycles. The number of nitrogens with one attached hydrogen (secondary N) is 1. The molecule has 4 rings (SSSR count). The molecule has 4 nitrogen and oxygen atoms in total. The van der Waals surface area contributed by atoms with Gasteiger partial charge in [-0.3, -0.25) is 4.79 Å². The molecule has 0 unspecified atom stereocenters. The van der Waals surface area contributed by atoms with Gasteiger partial charge in [-0.25, -0.2) is 0 Å². The van der Waals surface area contributed by atoms with Gasteiger partial charge >= 0.3 is 0 Å². The van der Waals surface area contributed by atoms with Crippen LogP contribution in [0.2, 0.25) is 0 Å². The van der Waals surface area contributed by atoms with Crippen molar-refractivity contribution in [1.82, 2.24) is 0 Å². The van der Waals surface area contributed by atoms with E-state index in [1.165, 1.54) is 0 Å². The van der Waals surface area contributed by atoms with Gasteiger partial charge in [0.05, 0.1) is 11.1 Å². The summed E-state index contributed by atoms with van der Waals surface area (Å²) in [5.74, 6) is 0.882. The summed E-state index contributed by atoms with van der Waals surface area (Å²) in [6.45, 7) is 2.78. The maximum Gasteiger partial charge on any atom is 0.255 e. The monoisotopic (exact) mass is 475 g/mol. The first kappa shape index (κ1) is 20.9. The predicted octanol–water partition coefficient (Wildman–Crippen LogP) is 6.83. The van der Waals surface area contributed by atoms with E-state index < -0.39 is 0 Å². The Hall–Kier alpha value is -3.31. The zero-order valence-corrected chi connectivity index (χ0v) is 18.7. The Morgan fingerprint density at radius 1 is 0.871 bits per heavy atom. The maximum absolute atomic E-state index is 13.0. The number of ether oxygens (including phenoxy) is 2. The number of fused-ring (bicyclic) bond motifs is 1. The van der Waals surface area contributed by atoms with E-state index in [4.69, 9.17) is 9.47 Å². The number of hydrogen-bond acceptors (Lipinski definition) is 3. The zero-order chi connectivity index (χ0) is 21.6. The number of rotatable bonds is 7. The van der Waals surface area contributed by atoms with Crippen molar-refractivity contribution >= 4 is 38.3 Å². The normalized spacial score (nSPS) is 10.6. The summed E-state index contributed by atoms with van der Waals surface area (Å²) in [6, 6.07) is 27.2. The van der Waals surface area contributed by atoms with Crippen LogP contribution in [0.3, 0.4) is 0 Å². The van der Waals surface area contributed by atoms with E-state index >= 15 is 0 Å². The van der Waals surface area contributed by atoms with Gasteiger partial charge in [0, 0.05) is 11.3 Å². The molecule has 0 atom stereocenters. The molecular weight excluding hydrogens is 454 g/mol. The molecule has 1 N–H and O–H groups in total. The minimum Gasteiger partial charge on any atom is -0.489 e. The largest absolute Gasteiger partial charge is 0.489 e. The van der Waals surface area contributed by atoms with E-state index in [0.29, 0.717) is 34.7 Å². The lowest BCUT2D eigenvalue weighted by Gasteiger charge is -2.15. The van der Waals surface area contributed by atoms with Crippen LogP contribution in [0.15, 0.2) is 89.4 Å². The van der Waals surface area contributed by atoms with Crippen LogP contribution in [0.25, 0.3) is 10.8 Å². The minimum absolute atomic E-state index is 0.219. The topological polar surface area (TPSA) is 47.6 Å². The Balaban J connectivity index is 1.58. The molecule has 0 bridgehead atoms. The highest BCUT2D eigenvalue weighted by atomic mass is 79.9. The number of amides is 1. The summed E-state index contributed by atoms with van der Waals surface area (Å²) in [6.07, 6.45) is 0. The van der Waals surface area contributed by atoms with Gasteiger partial charge in [0.25, 0.3) is 5.91 Å². The van der Waals surface area contributed by atoms with Gasteiger partial charge in [-0.2, -0.15) is 0 Å². The zero-order valence-electron chi connectivity index (χ0n) is 17.1. The van der Waals surface area contributed by atoms with Crippen LogP contribution < -0.4 is 14.8 Å². The Morgan fingerprint density at radius 2 is 1.61 bits per heavy atom. The second kappa shape index (κ2) is 9.67. The van der Waals surface area contributed by atoms with Gasteiger partial charge in [0.15, 0.2) is 11.5 Å². The number of carbonyl (C=O) groups is 1. The molecule has 0 saturated carbocycles. The summed E-state index contributed by atoms with van der Waals surface area (Å²) in [5, 5.41) is 5.17. The van der Waals surface area contributed by atoms with Gasteiger partial charge in [-0.15, -0.1) is 0 Å². The van der Waals surface area contributed by atoms with Gasteiger partial charge in [0.1, 0.15) is 6.61 Å². The van der Waals surface area contributed by atoms with Crippen molar-refractivity contribution in [3.63, 3.8) is 0 Å². The van der Waals surface area contributed by atoms with Crippen molar-refractivity contribution in [1.29, 1.82) is 0 Å². The highest BCUT2D eigenvalue weighted by molar-refractivity contribution is 9.10.